The van der Waals surface area contributed by atoms with Gasteiger partial charge in [0.2, 0.25) is 5.91 Å². The second kappa shape index (κ2) is 9.04. The van der Waals surface area contributed by atoms with Crippen LogP contribution in [0.15, 0.2) is 42.5 Å². The zero-order chi connectivity index (χ0) is 19.1. The minimum Gasteiger partial charge on any atom is -0.376 e. The van der Waals surface area contributed by atoms with Crippen molar-refractivity contribution in [3.05, 3.63) is 59.2 Å². The number of anilines is 2. The number of rotatable bonds is 7. The van der Waals surface area contributed by atoms with Crippen molar-refractivity contribution in [1.82, 2.24) is 5.32 Å². The number of hydrogen-bond donors (Lipinski definition) is 3. The lowest BCUT2D eigenvalue weighted by Crippen LogP contribution is -2.31. The van der Waals surface area contributed by atoms with E-state index in [-0.39, 0.29) is 24.4 Å². The highest BCUT2D eigenvalue weighted by Crippen LogP contribution is 2.14. The summed E-state index contributed by atoms with van der Waals surface area (Å²) in [5.74, 6) is -0.242. The fraction of sp³-hybridized carbons (Fsp3) is 0.333. The molecule has 3 N–H and O–H groups in total. The summed E-state index contributed by atoms with van der Waals surface area (Å²) in [4.78, 5) is 24.1. The summed E-state index contributed by atoms with van der Waals surface area (Å²) >= 11 is 0. The van der Waals surface area contributed by atoms with Gasteiger partial charge in [0.25, 0.3) is 5.91 Å². The third-order valence-electron chi connectivity index (χ3n) is 4.38. The fourth-order valence-electron chi connectivity index (χ4n) is 2.35. The van der Waals surface area contributed by atoms with Crippen LogP contribution in [-0.2, 0) is 4.79 Å². The molecule has 1 unspecified atom stereocenters. The van der Waals surface area contributed by atoms with Crippen LogP contribution < -0.4 is 16.0 Å². The minimum atomic E-state index is -0.139. The molecule has 26 heavy (non-hydrogen) atoms. The Bertz CT molecular complexity index is 769. The molecule has 138 valence electrons. The van der Waals surface area contributed by atoms with E-state index < -0.39 is 0 Å². The number of carbonyl (C=O) groups excluding carboxylic acids is 2. The molecule has 0 aliphatic heterocycles. The maximum Gasteiger partial charge on any atom is 0.251 e. The van der Waals surface area contributed by atoms with Crippen LogP contribution >= 0.6 is 0 Å². The van der Waals surface area contributed by atoms with Gasteiger partial charge in [0.1, 0.15) is 0 Å². The highest BCUT2D eigenvalue weighted by Gasteiger charge is 2.09. The van der Waals surface area contributed by atoms with E-state index in [0.717, 1.165) is 12.1 Å². The van der Waals surface area contributed by atoms with Crippen molar-refractivity contribution >= 4 is 23.2 Å². The van der Waals surface area contributed by atoms with Gasteiger partial charge >= 0.3 is 0 Å². The van der Waals surface area contributed by atoms with Crippen molar-refractivity contribution in [1.29, 1.82) is 0 Å². The largest absolute Gasteiger partial charge is 0.376 e. The van der Waals surface area contributed by atoms with Crippen LogP contribution in [0.3, 0.4) is 0 Å². The summed E-state index contributed by atoms with van der Waals surface area (Å²) in [6, 6.07) is 13.0. The summed E-state index contributed by atoms with van der Waals surface area (Å²) in [5.41, 5.74) is 4.56. The highest BCUT2D eigenvalue weighted by molar-refractivity contribution is 5.96. The number of benzene rings is 2. The van der Waals surface area contributed by atoms with E-state index in [1.165, 1.54) is 11.1 Å². The summed E-state index contributed by atoms with van der Waals surface area (Å²) in [7, 11) is 0. The first-order valence-corrected chi connectivity index (χ1v) is 8.91. The Kier molecular flexibility index (Phi) is 6.78. The first-order chi connectivity index (χ1) is 12.4. The molecule has 1 atom stereocenters. The van der Waals surface area contributed by atoms with Gasteiger partial charge in [0, 0.05) is 23.0 Å². The van der Waals surface area contributed by atoms with E-state index in [1.54, 1.807) is 24.3 Å². The van der Waals surface area contributed by atoms with Crippen molar-refractivity contribution in [2.24, 2.45) is 0 Å². The summed E-state index contributed by atoms with van der Waals surface area (Å²) in [5, 5.41) is 8.85. The number of nitrogens with one attached hydrogen (secondary N) is 3. The van der Waals surface area contributed by atoms with Crippen molar-refractivity contribution < 1.29 is 9.59 Å². The van der Waals surface area contributed by atoms with Gasteiger partial charge in [0.05, 0.1) is 6.54 Å². The summed E-state index contributed by atoms with van der Waals surface area (Å²) in [6.45, 7) is 8.27. The van der Waals surface area contributed by atoms with Crippen LogP contribution in [0.1, 0.15) is 41.8 Å². The van der Waals surface area contributed by atoms with Crippen LogP contribution in [0, 0.1) is 13.8 Å². The Labute approximate surface area is 155 Å². The predicted octanol–water partition coefficient (Wildman–Crippen LogP) is 3.88. The highest BCUT2D eigenvalue weighted by atomic mass is 16.2. The van der Waals surface area contributed by atoms with E-state index in [2.05, 4.69) is 22.9 Å². The van der Waals surface area contributed by atoms with Crippen molar-refractivity contribution in [3.63, 3.8) is 0 Å². The maximum atomic E-state index is 12.1. The first kappa shape index (κ1) is 19.5. The SMILES string of the molecule is CCC(C)NC(=O)c1ccc(NC(=O)CNc2ccc(C)c(C)c2)cc1. The lowest BCUT2D eigenvalue weighted by Gasteiger charge is -2.12. The smallest absolute Gasteiger partial charge is 0.251 e. The number of carbonyl (C=O) groups is 2. The van der Waals surface area contributed by atoms with E-state index in [9.17, 15) is 9.59 Å². The van der Waals surface area contributed by atoms with Gasteiger partial charge < -0.3 is 16.0 Å². The first-order valence-electron chi connectivity index (χ1n) is 8.91. The molecular weight excluding hydrogens is 326 g/mol. The van der Waals surface area contributed by atoms with E-state index in [1.807, 2.05) is 39.0 Å². The second-order valence-corrected chi connectivity index (χ2v) is 6.56. The van der Waals surface area contributed by atoms with Gasteiger partial charge in [0.15, 0.2) is 0 Å². The van der Waals surface area contributed by atoms with Crippen LogP contribution in [-0.4, -0.2) is 24.4 Å². The van der Waals surface area contributed by atoms with Gasteiger partial charge in [-0.25, -0.2) is 0 Å². The van der Waals surface area contributed by atoms with Crippen LogP contribution in [0.25, 0.3) is 0 Å². The molecule has 0 saturated carbocycles. The quantitative estimate of drug-likeness (QED) is 0.707. The van der Waals surface area contributed by atoms with Gasteiger partial charge in [-0.05, 0) is 74.7 Å². The van der Waals surface area contributed by atoms with E-state index in [4.69, 9.17) is 0 Å². The molecule has 5 nitrogen and oxygen atoms in total. The van der Waals surface area contributed by atoms with Gasteiger partial charge in [-0.3, -0.25) is 9.59 Å². The molecule has 5 heteroatoms. The molecule has 0 spiro atoms. The molecule has 2 aromatic rings. The molecule has 0 aromatic heterocycles. The lowest BCUT2D eigenvalue weighted by molar-refractivity contribution is -0.114. The number of amides is 2. The van der Waals surface area contributed by atoms with Crippen molar-refractivity contribution in [2.75, 3.05) is 17.2 Å². The third-order valence-corrected chi connectivity index (χ3v) is 4.38. The molecule has 0 aliphatic rings. The monoisotopic (exact) mass is 353 g/mol. The Balaban J connectivity index is 1.86. The number of aryl methyl sites for hydroxylation is 2. The Morgan fingerprint density at radius 2 is 1.62 bits per heavy atom. The maximum absolute atomic E-state index is 12.1. The van der Waals surface area contributed by atoms with E-state index in [0.29, 0.717) is 11.3 Å². The van der Waals surface area contributed by atoms with Gasteiger partial charge in [-0.15, -0.1) is 0 Å². The molecular formula is C21H27N3O2. The average molecular weight is 353 g/mol. The molecule has 0 heterocycles. The van der Waals surface area contributed by atoms with Crippen molar-refractivity contribution in [3.8, 4) is 0 Å². The lowest BCUT2D eigenvalue weighted by atomic mass is 10.1. The van der Waals surface area contributed by atoms with Crippen LogP contribution in [0.5, 0.6) is 0 Å². The minimum absolute atomic E-state index is 0.103. The Hall–Kier alpha value is -2.82. The Morgan fingerprint density at radius 3 is 2.23 bits per heavy atom. The molecule has 0 saturated heterocycles. The topological polar surface area (TPSA) is 70.2 Å². The standard InChI is InChI=1S/C21H27N3O2/c1-5-16(4)23-21(26)17-7-10-18(11-8-17)24-20(25)13-22-19-9-6-14(2)15(3)12-19/h6-12,16,22H,5,13H2,1-4H3,(H,23,26)(H,24,25). The molecule has 2 amide bonds. The molecule has 0 bridgehead atoms. The van der Waals surface area contributed by atoms with Crippen molar-refractivity contribution in [2.45, 2.75) is 40.2 Å². The van der Waals surface area contributed by atoms with Gasteiger partial charge in [-0.2, -0.15) is 0 Å². The fourth-order valence-corrected chi connectivity index (χ4v) is 2.35. The molecule has 2 rings (SSSR count). The second-order valence-electron chi connectivity index (χ2n) is 6.56. The molecule has 0 aliphatic carbocycles. The zero-order valence-electron chi connectivity index (χ0n) is 15.8. The average Bonchev–Trinajstić information content (AvgIpc) is 2.63. The third kappa shape index (κ3) is 5.62. The summed E-state index contributed by atoms with van der Waals surface area (Å²) in [6.07, 6.45) is 0.882. The number of hydrogen-bond acceptors (Lipinski definition) is 3. The van der Waals surface area contributed by atoms with Gasteiger partial charge in [-0.1, -0.05) is 13.0 Å². The molecule has 2 aromatic carbocycles. The molecule has 0 radical (unpaired) electrons. The van der Waals surface area contributed by atoms with E-state index >= 15 is 0 Å². The zero-order valence-corrected chi connectivity index (χ0v) is 15.8. The van der Waals surface area contributed by atoms with Crippen LogP contribution in [0.4, 0.5) is 11.4 Å². The summed E-state index contributed by atoms with van der Waals surface area (Å²) < 4.78 is 0. The Morgan fingerprint density at radius 1 is 0.962 bits per heavy atom. The molecule has 0 fully saturated rings. The van der Waals surface area contributed by atoms with Crippen LogP contribution in [0.2, 0.25) is 0 Å². The normalized spacial score (nSPS) is 11.5. The predicted molar refractivity (Wildman–Crippen MR) is 107 cm³/mol.